The smallest absolute Gasteiger partial charge is 0.251 e. The molecular weight excluding hydrogens is 350 g/mol. The average Bonchev–Trinajstić information content (AvgIpc) is 2.52. The van der Waals surface area contributed by atoms with Gasteiger partial charge in [-0.15, -0.1) is 0 Å². The van der Waals surface area contributed by atoms with Gasteiger partial charge in [-0.25, -0.2) is 13.1 Å². The van der Waals surface area contributed by atoms with E-state index in [1.165, 1.54) is 0 Å². The summed E-state index contributed by atoms with van der Waals surface area (Å²) >= 11 is 0. The molecular formula is C19H33N3O3S. The Morgan fingerprint density at radius 1 is 1.00 bits per heavy atom. The fourth-order valence-corrected chi connectivity index (χ4v) is 3.01. The minimum absolute atomic E-state index is 0.0655. The quantitative estimate of drug-likeness (QED) is 0.542. The first-order valence-corrected chi connectivity index (χ1v) is 10.7. The molecule has 1 aromatic rings. The summed E-state index contributed by atoms with van der Waals surface area (Å²) in [5, 5.41) is 6.17. The van der Waals surface area contributed by atoms with E-state index in [1.54, 1.807) is 32.9 Å². The Balaban J connectivity index is 2.23. The number of nitrogens with one attached hydrogen (secondary N) is 3. The van der Waals surface area contributed by atoms with Gasteiger partial charge < -0.3 is 10.6 Å². The van der Waals surface area contributed by atoms with Crippen LogP contribution < -0.4 is 15.4 Å². The van der Waals surface area contributed by atoms with Gasteiger partial charge in [0.25, 0.3) is 5.91 Å². The molecule has 0 aliphatic carbocycles. The molecule has 26 heavy (non-hydrogen) atoms. The van der Waals surface area contributed by atoms with Crippen molar-refractivity contribution in [3.8, 4) is 0 Å². The first-order valence-electron chi connectivity index (χ1n) is 9.17. The van der Waals surface area contributed by atoms with Crippen LogP contribution in [0.5, 0.6) is 0 Å². The summed E-state index contributed by atoms with van der Waals surface area (Å²) in [7, 11) is -3.25. The molecule has 1 rings (SSSR count). The number of hydrogen-bond donors (Lipinski definition) is 3. The molecule has 0 radical (unpaired) electrons. The molecule has 3 N–H and O–H groups in total. The van der Waals surface area contributed by atoms with Crippen molar-refractivity contribution in [1.29, 1.82) is 0 Å². The van der Waals surface area contributed by atoms with Crippen LogP contribution in [0.4, 0.5) is 5.69 Å². The monoisotopic (exact) mass is 383 g/mol. The summed E-state index contributed by atoms with van der Waals surface area (Å²) in [4.78, 5) is 11.9. The van der Waals surface area contributed by atoms with E-state index in [0.29, 0.717) is 12.1 Å². The zero-order chi connectivity index (χ0) is 19.8. The van der Waals surface area contributed by atoms with E-state index < -0.39 is 14.8 Å². The van der Waals surface area contributed by atoms with Crippen LogP contribution in [-0.4, -0.2) is 38.2 Å². The van der Waals surface area contributed by atoms with Crippen LogP contribution in [0.2, 0.25) is 0 Å². The minimum Gasteiger partial charge on any atom is -0.385 e. The average molecular weight is 384 g/mol. The minimum atomic E-state index is -3.25. The lowest BCUT2D eigenvalue weighted by Crippen LogP contribution is -2.39. The molecule has 1 aromatic carbocycles. The highest BCUT2D eigenvalue weighted by molar-refractivity contribution is 7.90. The molecule has 0 fully saturated rings. The number of amides is 1. The molecule has 6 nitrogen and oxygen atoms in total. The lowest BCUT2D eigenvalue weighted by Gasteiger charge is -2.19. The number of rotatable bonds is 10. The molecule has 0 atom stereocenters. The van der Waals surface area contributed by atoms with Crippen molar-refractivity contribution >= 4 is 21.6 Å². The number of benzene rings is 1. The summed E-state index contributed by atoms with van der Waals surface area (Å²) in [6.45, 7) is 10.2. The molecule has 0 unspecified atom stereocenters. The van der Waals surface area contributed by atoms with Crippen LogP contribution in [0.3, 0.4) is 0 Å². The maximum absolute atomic E-state index is 11.9. The second kappa shape index (κ2) is 9.92. The molecule has 0 saturated carbocycles. The van der Waals surface area contributed by atoms with Crippen molar-refractivity contribution in [3.05, 3.63) is 29.8 Å². The van der Waals surface area contributed by atoms with Crippen LogP contribution >= 0.6 is 0 Å². The number of carbonyl (C=O) groups is 1. The second-order valence-electron chi connectivity index (χ2n) is 7.70. The molecule has 0 saturated heterocycles. The number of anilines is 1. The predicted molar refractivity (Wildman–Crippen MR) is 108 cm³/mol. The Labute approximate surface area is 158 Å². The van der Waals surface area contributed by atoms with Crippen molar-refractivity contribution in [2.45, 2.75) is 64.7 Å². The lowest BCUT2D eigenvalue weighted by molar-refractivity contribution is 0.0943. The highest BCUT2D eigenvalue weighted by Crippen LogP contribution is 2.13. The van der Waals surface area contributed by atoms with E-state index in [2.05, 4.69) is 15.4 Å². The molecule has 0 bridgehead atoms. The van der Waals surface area contributed by atoms with Crippen LogP contribution in [0, 0.1) is 0 Å². The van der Waals surface area contributed by atoms with Crippen LogP contribution in [-0.2, 0) is 10.0 Å². The first-order chi connectivity index (χ1) is 12.0. The third-order valence-electron chi connectivity index (χ3n) is 3.85. The Hall–Kier alpha value is -1.60. The molecule has 148 valence electrons. The Bertz CT molecular complexity index is 662. The summed E-state index contributed by atoms with van der Waals surface area (Å²) in [6, 6.07) is 7.52. The normalized spacial score (nSPS) is 12.2. The van der Waals surface area contributed by atoms with E-state index in [9.17, 15) is 13.2 Å². The summed E-state index contributed by atoms with van der Waals surface area (Å²) in [5.74, 6) is -0.0655. The molecule has 0 aliphatic heterocycles. The Morgan fingerprint density at radius 3 is 2.12 bits per heavy atom. The number of sulfonamides is 1. The highest BCUT2D eigenvalue weighted by Gasteiger charge is 2.27. The third-order valence-corrected chi connectivity index (χ3v) is 6.04. The first kappa shape index (κ1) is 22.4. The van der Waals surface area contributed by atoms with Crippen molar-refractivity contribution in [2.75, 3.05) is 18.4 Å². The summed E-state index contributed by atoms with van der Waals surface area (Å²) < 4.78 is 25.7. The van der Waals surface area contributed by atoms with E-state index in [4.69, 9.17) is 0 Å². The number of hydrogen-bond acceptors (Lipinski definition) is 4. The molecule has 1 amide bonds. The van der Waals surface area contributed by atoms with Gasteiger partial charge in [0.05, 0.1) is 4.75 Å². The zero-order valence-electron chi connectivity index (χ0n) is 16.6. The molecule has 0 aliphatic rings. The standard InChI is InChI=1S/C19H33N3O3S/c1-15(2)22-18(23)16-9-11-17(12-10-16)20-13-7-6-8-14-21-26(24,25)19(3,4)5/h9-12,15,20-21H,6-8,13-14H2,1-5H3,(H,22,23). The molecule has 0 aromatic heterocycles. The summed E-state index contributed by atoms with van der Waals surface area (Å²) in [6.07, 6.45) is 2.70. The lowest BCUT2D eigenvalue weighted by atomic mass is 10.1. The van der Waals surface area contributed by atoms with Crippen LogP contribution in [0.1, 0.15) is 64.2 Å². The fourth-order valence-electron chi connectivity index (χ4n) is 2.17. The van der Waals surface area contributed by atoms with Gasteiger partial charge in [-0.2, -0.15) is 0 Å². The third kappa shape index (κ3) is 7.74. The van der Waals surface area contributed by atoms with Crippen molar-refractivity contribution in [3.63, 3.8) is 0 Å². The fraction of sp³-hybridized carbons (Fsp3) is 0.632. The SMILES string of the molecule is CC(C)NC(=O)c1ccc(NCCCCCNS(=O)(=O)C(C)(C)C)cc1. The van der Waals surface area contributed by atoms with Gasteiger partial charge in [0.15, 0.2) is 0 Å². The van der Waals surface area contributed by atoms with Gasteiger partial charge in [-0.1, -0.05) is 6.42 Å². The molecule has 0 heterocycles. The van der Waals surface area contributed by atoms with Crippen LogP contribution in [0.25, 0.3) is 0 Å². The summed E-state index contributed by atoms with van der Waals surface area (Å²) in [5.41, 5.74) is 1.62. The molecule has 0 spiro atoms. The van der Waals surface area contributed by atoms with Gasteiger partial charge in [0, 0.05) is 30.4 Å². The number of unbranched alkanes of at least 4 members (excludes halogenated alkanes) is 2. The van der Waals surface area contributed by atoms with Gasteiger partial charge in [-0.3, -0.25) is 4.79 Å². The Kier molecular flexibility index (Phi) is 8.56. The maximum Gasteiger partial charge on any atom is 0.251 e. The van der Waals surface area contributed by atoms with Gasteiger partial charge in [0.1, 0.15) is 0 Å². The van der Waals surface area contributed by atoms with E-state index in [0.717, 1.165) is 31.5 Å². The van der Waals surface area contributed by atoms with Crippen molar-refractivity contribution in [1.82, 2.24) is 10.0 Å². The predicted octanol–water partition coefficient (Wildman–Crippen LogP) is 3.12. The van der Waals surface area contributed by atoms with Gasteiger partial charge in [0.2, 0.25) is 10.0 Å². The van der Waals surface area contributed by atoms with Gasteiger partial charge in [-0.05, 0) is 71.7 Å². The Morgan fingerprint density at radius 2 is 1.58 bits per heavy atom. The largest absolute Gasteiger partial charge is 0.385 e. The van der Waals surface area contributed by atoms with E-state index >= 15 is 0 Å². The second-order valence-corrected chi connectivity index (χ2v) is 10.2. The topological polar surface area (TPSA) is 87.3 Å². The number of carbonyl (C=O) groups excluding carboxylic acids is 1. The maximum atomic E-state index is 11.9. The van der Waals surface area contributed by atoms with Gasteiger partial charge >= 0.3 is 0 Å². The zero-order valence-corrected chi connectivity index (χ0v) is 17.4. The highest BCUT2D eigenvalue weighted by atomic mass is 32.2. The van der Waals surface area contributed by atoms with E-state index in [1.807, 2.05) is 26.0 Å². The van der Waals surface area contributed by atoms with Crippen molar-refractivity contribution in [2.24, 2.45) is 0 Å². The van der Waals surface area contributed by atoms with E-state index in [-0.39, 0.29) is 11.9 Å². The van der Waals surface area contributed by atoms with Crippen LogP contribution in [0.15, 0.2) is 24.3 Å². The van der Waals surface area contributed by atoms with Crippen molar-refractivity contribution < 1.29 is 13.2 Å². The molecule has 7 heteroatoms.